The van der Waals surface area contributed by atoms with Gasteiger partial charge in [-0.15, -0.1) is 0 Å². The zero-order chi connectivity index (χ0) is 10.8. The smallest absolute Gasteiger partial charge is 0.0264 e. The molecule has 1 aromatic rings. The average Bonchev–Trinajstić information content (AvgIpc) is 2.80. The fourth-order valence-electron chi connectivity index (χ4n) is 3.18. The van der Waals surface area contributed by atoms with Crippen molar-refractivity contribution < 1.29 is 0 Å². The minimum Gasteiger partial charge on any atom is -0.315 e. The van der Waals surface area contributed by atoms with E-state index in [2.05, 4.69) is 40.5 Å². The molecule has 2 aliphatic heterocycles. The van der Waals surface area contributed by atoms with Crippen LogP contribution in [0, 0.1) is 5.92 Å². The minimum absolute atomic E-state index is 0.786. The second kappa shape index (κ2) is 4.56. The van der Waals surface area contributed by atoms with Crippen LogP contribution in [0.4, 0.5) is 0 Å². The Bertz CT molecular complexity index is 336. The Morgan fingerprint density at radius 2 is 2.06 bits per heavy atom. The molecular formula is C14H20N2. The molecule has 0 amide bonds. The minimum atomic E-state index is 0.786. The van der Waals surface area contributed by atoms with Crippen LogP contribution in [0.3, 0.4) is 0 Å². The monoisotopic (exact) mass is 216 g/mol. The summed E-state index contributed by atoms with van der Waals surface area (Å²) in [4.78, 5) is 2.67. The highest BCUT2D eigenvalue weighted by atomic mass is 15.2. The number of hydrogen-bond donors (Lipinski definition) is 1. The van der Waals surface area contributed by atoms with Crippen LogP contribution < -0.4 is 5.32 Å². The summed E-state index contributed by atoms with van der Waals surface area (Å²) in [6.07, 6.45) is 2.79. The number of nitrogens with one attached hydrogen (secondary N) is 1. The third kappa shape index (κ3) is 2.00. The molecule has 0 bridgehead atoms. The van der Waals surface area contributed by atoms with E-state index >= 15 is 0 Å². The Labute approximate surface area is 97.6 Å². The van der Waals surface area contributed by atoms with Gasteiger partial charge in [0.1, 0.15) is 0 Å². The predicted octanol–water partition coefficient (Wildman–Crippen LogP) is 1.87. The first-order chi connectivity index (χ1) is 7.93. The molecule has 1 N–H and O–H groups in total. The quantitative estimate of drug-likeness (QED) is 0.812. The lowest BCUT2D eigenvalue weighted by molar-refractivity contribution is 0.117. The van der Waals surface area contributed by atoms with E-state index < -0.39 is 0 Å². The van der Waals surface area contributed by atoms with E-state index in [1.54, 1.807) is 0 Å². The lowest BCUT2D eigenvalue weighted by Crippen LogP contribution is -2.44. The van der Waals surface area contributed by atoms with Crippen LogP contribution in [0.15, 0.2) is 30.3 Å². The first-order valence-electron chi connectivity index (χ1n) is 6.42. The second-order valence-electron chi connectivity index (χ2n) is 5.08. The van der Waals surface area contributed by atoms with Gasteiger partial charge in [-0.25, -0.2) is 0 Å². The molecule has 16 heavy (non-hydrogen) atoms. The van der Waals surface area contributed by atoms with Crippen molar-refractivity contribution in [3.8, 4) is 0 Å². The summed E-state index contributed by atoms with van der Waals surface area (Å²) < 4.78 is 0. The number of likely N-dealkylation sites (tertiary alicyclic amines) is 1. The molecule has 0 radical (unpaired) electrons. The van der Waals surface area contributed by atoms with Gasteiger partial charge in [-0.2, -0.15) is 0 Å². The van der Waals surface area contributed by atoms with Crippen LogP contribution in [0.5, 0.6) is 0 Å². The molecule has 0 unspecified atom stereocenters. The van der Waals surface area contributed by atoms with Gasteiger partial charge >= 0.3 is 0 Å². The van der Waals surface area contributed by atoms with Crippen LogP contribution in [0.25, 0.3) is 0 Å². The summed E-state index contributed by atoms with van der Waals surface area (Å²) in [5.41, 5.74) is 1.45. The van der Waals surface area contributed by atoms with E-state index in [-0.39, 0.29) is 0 Å². The van der Waals surface area contributed by atoms with Crippen molar-refractivity contribution >= 4 is 0 Å². The van der Waals surface area contributed by atoms with E-state index in [1.165, 1.54) is 38.0 Å². The summed E-state index contributed by atoms with van der Waals surface area (Å²) in [5.74, 6) is 0.900. The average molecular weight is 216 g/mol. The van der Waals surface area contributed by atoms with Crippen LogP contribution in [0.1, 0.15) is 18.4 Å². The van der Waals surface area contributed by atoms with Gasteiger partial charge in [0.05, 0.1) is 0 Å². The Balaban J connectivity index is 1.70. The number of fused-ring (bicyclic) bond motifs is 1. The maximum atomic E-state index is 3.54. The SMILES string of the molecule is c1ccc(CN2CCC[C@H]3CNC[C@@H]32)cc1. The van der Waals surface area contributed by atoms with E-state index in [4.69, 9.17) is 0 Å². The number of rotatable bonds is 2. The van der Waals surface area contributed by atoms with E-state index in [9.17, 15) is 0 Å². The molecule has 0 aromatic heterocycles. The van der Waals surface area contributed by atoms with Crippen molar-refractivity contribution in [3.63, 3.8) is 0 Å². The molecule has 2 fully saturated rings. The van der Waals surface area contributed by atoms with Gasteiger partial charge in [0.25, 0.3) is 0 Å². The number of hydrogen-bond acceptors (Lipinski definition) is 2. The fraction of sp³-hybridized carbons (Fsp3) is 0.571. The lowest BCUT2D eigenvalue weighted by atomic mass is 9.92. The zero-order valence-electron chi connectivity index (χ0n) is 9.73. The molecule has 0 spiro atoms. The molecule has 3 rings (SSSR count). The summed E-state index contributed by atoms with van der Waals surface area (Å²) in [6.45, 7) is 4.83. The first kappa shape index (κ1) is 10.3. The lowest BCUT2D eigenvalue weighted by Gasteiger charge is -2.37. The molecule has 2 aliphatic rings. The van der Waals surface area contributed by atoms with E-state index in [0.717, 1.165) is 18.5 Å². The highest BCUT2D eigenvalue weighted by Gasteiger charge is 2.34. The van der Waals surface area contributed by atoms with Crippen molar-refractivity contribution in [2.24, 2.45) is 5.92 Å². The Morgan fingerprint density at radius 3 is 2.94 bits per heavy atom. The fourth-order valence-corrected chi connectivity index (χ4v) is 3.18. The van der Waals surface area contributed by atoms with Gasteiger partial charge < -0.3 is 5.32 Å². The molecule has 0 aliphatic carbocycles. The predicted molar refractivity (Wildman–Crippen MR) is 66.2 cm³/mol. The van der Waals surface area contributed by atoms with Gasteiger partial charge in [0.15, 0.2) is 0 Å². The summed E-state index contributed by atoms with van der Waals surface area (Å²) in [5, 5.41) is 3.54. The van der Waals surface area contributed by atoms with Gasteiger partial charge in [-0.3, -0.25) is 4.90 Å². The maximum Gasteiger partial charge on any atom is 0.0264 e. The molecular weight excluding hydrogens is 196 g/mol. The van der Waals surface area contributed by atoms with Crippen LogP contribution in [0.2, 0.25) is 0 Å². The molecule has 0 saturated carbocycles. The molecule has 2 atom stereocenters. The maximum absolute atomic E-state index is 3.54. The van der Waals surface area contributed by atoms with Gasteiger partial charge in [-0.05, 0) is 37.4 Å². The summed E-state index contributed by atoms with van der Waals surface area (Å²) in [6, 6.07) is 11.7. The second-order valence-corrected chi connectivity index (χ2v) is 5.08. The molecule has 2 saturated heterocycles. The molecule has 2 heteroatoms. The van der Waals surface area contributed by atoms with Gasteiger partial charge in [-0.1, -0.05) is 30.3 Å². The van der Waals surface area contributed by atoms with Crippen molar-refractivity contribution in [3.05, 3.63) is 35.9 Å². The molecule has 2 nitrogen and oxygen atoms in total. The third-order valence-electron chi connectivity index (χ3n) is 4.02. The highest BCUT2D eigenvalue weighted by molar-refractivity contribution is 5.15. The van der Waals surface area contributed by atoms with Crippen LogP contribution >= 0.6 is 0 Å². The topological polar surface area (TPSA) is 15.3 Å². The van der Waals surface area contributed by atoms with Crippen molar-refractivity contribution in [2.75, 3.05) is 19.6 Å². The van der Waals surface area contributed by atoms with Crippen molar-refractivity contribution in [1.29, 1.82) is 0 Å². The Hall–Kier alpha value is -0.860. The Kier molecular flexibility index (Phi) is 2.94. The largest absolute Gasteiger partial charge is 0.315 e. The van der Waals surface area contributed by atoms with Gasteiger partial charge in [0, 0.05) is 19.1 Å². The van der Waals surface area contributed by atoms with Gasteiger partial charge in [0.2, 0.25) is 0 Å². The standard InChI is InChI=1S/C14H20N2/c1-2-5-12(6-3-1)11-16-8-4-7-13-9-15-10-14(13)16/h1-3,5-6,13-15H,4,7-11H2/t13-,14-/m0/s1. The number of benzene rings is 1. The first-order valence-corrected chi connectivity index (χ1v) is 6.42. The van der Waals surface area contributed by atoms with Crippen LogP contribution in [-0.2, 0) is 6.54 Å². The number of nitrogens with zero attached hydrogens (tertiary/aromatic N) is 1. The highest BCUT2D eigenvalue weighted by Crippen LogP contribution is 2.27. The molecule has 86 valence electrons. The van der Waals surface area contributed by atoms with Crippen molar-refractivity contribution in [1.82, 2.24) is 10.2 Å². The Morgan fingerprint density at radius 1 is 1.19 bits per heavy atom. The van der Waals surface area contributed by atoms with E-state index in [0.29, 0.717) is 0 Å². The summed E-state index contributed by atoms with van der Waals surface area (Å²) >= 11 is 0. The third-order valence-corrected chi connectivity index (χ3v) is 4.02. The molecule has 2 heterocycles. The zero-order valence-corrected chi connectivity index (χ0v) is 9.73. The molecule has 1 aromatic carbocycles. The van der Waals surface area contributed by atoms with Crippen molar-refractivity contribution in [2.45, 2.75) is 25.4 Å². The number of piperidine rings is 1. The normalized spacial score (nSPS) is 30.2. The van der Waals surface area contributed by atoms with Crippen LogP contribution in [-0.4, -0.2) is 30.6 Å². The summed E-state index contributed by atoms with van der Waals surface area (Å²) in [7, 11) is 0. The van der Waals surface area contributed by atoms with E-state index in [1.807, 2.05) is 0 Å².